The monoisotopic (exact) mass is 291 g/mol. The van der Waals surface area contributed by atoms with Gasteiger partial charge in [-0.15, -0.1) is 0 Å². The van der Waals surface area contributed by atoms with Crippen LogP contribution in [0.1, 0.15) is 18.5 Å². The molecule has 2 aromatic rings. The van der Waals surface area contributed by atoms with Gasteiger partial charge in [-0.25, -0.2) is 0 Å². The standard InChI is InChI=1S/C13H14BrN3/c1-9(10-4-6-16-7-5-10)17-13-8-11(14)2-3-12(13)15/h2-9,17H,15H2,1H3. The number of nitrogen functional groups attached to an aromatic ring is 1. The summed E-state index contributed by atoms with van der Waals surface area (Å²) in [5, 5.41) is 3.38. The lowest BCUT2D eigenvalue weighted by Gasteiger charge is -2.17. The summed E-state index contributed by atoms with van der Waals surface area (Å²) in [6, 6.07) is 9.96. The fourth-order valence-electron chi connectivity index (χ4n) is 1.62. The van der Waals surface area contributed by atoms with Crippen LogP contribution in [-0.2, 0) is 0 Å². The number of rotatable bonds is 3. The van der Waals surface area contributed by atoms with Gasteiger partial charge in [-0.3, -0.25) is 4.98 Å². The quantitative estimate of drug-likeness (QED) is 0.850. The van der Waals surface area contributed by atoms with Crippen LogP contribution in [0, 0.1) is 0 Å². The van der Waals surface area contributed by atoms with E-state index in [0.717, 1.165) is 15.8 Å². The number of anilines is 2. The summed E-state index contributed by atoms with van der Waals surface area (Å²) in [7, 11) is 0. The molecule has 0 bridgehead atoms. The van der Waals surface area contributed by atoms with Gasteiger partial charge in [-0.05, 0) is 42.8 Å². The van der Waals surface area contributed by atoms with Crippen molar-refractivity contribution in [3.05, 3.63) is 52.8 Å². The lowest BCUT2D eigenvalue weighted by molar-refractivity contribution is 0.881. The molecule has 0 aliphatic rings. The first kappa shape index (κ1) is 11.9. The van der Waals surface area contributed by atoms with E-state index in [4.69, 9.17) is 5.73 Å². The number of aromatic nitrogens is 1. The minimum atomic E-state index is 0.189. The molecule has 3 nitrogen and oxygen atoms in total. The molecule has 0 fully saturated rings. The van der Waals surface area contributed by atoms with Gasteiger partial charge < -0.3 is 11.1 Å². The highest BCUT2D eigenvalue weighted by Crippen LogP contribution is 2.27. The van der Waals surface area contributed by atoms with Crippen LogP contribution in [-0.4, -0.2) is 4.98 Å². The molecule has 1 unspecified atom stereocenters. The maximum absolute atomic E-state index is 5.92. The highest BCUT2D eigenvalue weighted by molar-refractivity contribution is 9.10. The highest BCUT2D eigenvalue weighted by Gasteiger charge is 2.07. The molecule has 1 heterocycles. The summed E-state index contributed by atoms with van der Waals surface area (Å²) in [6.07, 6.45) is 3.58. The minimum Gasteiger partial charge on any atom is -0.397 e. The zero-order valence-corrected chi connectivity index (χ0v) is 11.1. The Labute approximate surface area is 109 Å². The molecule has 0 radical (unpaired) electrons. The van der Waals surface area contributed by atoms with Crippen molar-refractivity contribution in [1.29, 1.82) is 0 Å². The molecule has 0 saturated carbocycles. The van der Waals surface area contributed by atoms with Gasteiger partial charge in [0.15, 0.2) is 0 Å². The molecule has 0 aliphatic heterocycles. The third kappa shape index (κ3) is 2.97. The fourth-order valence-corrected chi connectivity index (χ4v) is 1.98. The van der Waals surface area contributed by atoms with Crippen molar-refractivity contribution in [3.8, 4) is 0 Å². The zero-order valence-electron chi connectivity index (χ0n) is 9.52. The van der Waals surface area contributed by atoms with Crippen molar-refractivity contribution in [2.75, 3.05) is 11.1 Å². The molecule has 0 spiro atoms. The van der Waals surface area contributed by atoms with E-state index in [1.54, 1.807) is 12.4 Å². The predicted octanol–water partition coefficient (Wildman–Crippen LogP) is 3.60. The van der Waals surface area contributed by atoms with E-state index in [1.807, 2.05) is 30.3 Å². The van der Waals surface area contributed by atoms with E-state index < -0.39 is 0 Å². The van der Waals surface area contributed by atoms with Gasteiger partial charge in [0.2, 0.25) is 0 Å². The molecule has 88 valence electrons. The molecule has 2 rings (SSSR count). The predicted molar refractivity (Wildman–Crippen MR) is 74.8 cm³/mol. The van der Waals surface area contributed by atoms with E-state index in [9.17, 15) is 0 Å². The zero-order chi connectivity index (χ0) is 12.3. The second kappa shape index (κ2) is 5.19. The van der Waals surface area contributed by atoms with Crippen LogP contribution in [0.4, 0.5) is 11.4 Å². The third-order valence-corrected chi connectivity index (χ3v) is 3.09. The van der Waals surface area contributed by atoms with Crippen molar-refractivity contribution in [2.24, 2.45) is 0 Å². The van der Waals surface area contributed by atoms with E-state index in [0.29, 0.717) is 0 Å². The van der Waals surface area contributed by atoms with E-state index in [1.165, 1.54) is 5.56 Å². The normalized spacial score (nSPS) is 12.1. The first-order valence-electron chi connectivity index (χ1n) is 5.38. The van der Waals surface area contributed by atoms with Crippen LogP contribution in [0.25, 0.3) is 0 Å². The van der Waals surface area contributed by atoms with Gasteiger partial charge in [-0.1, -0.05) is 15.9 Å². The topological polar surface area (TPSA) is 50.9 Å². The lowest BCUT2D eigenvalue weighted by atomic mass is 10.1. The van der Waals surface area contributed by atoms with Crippen LogP contribution in [0.2, 0.25) is 0 Å². The molecule has 0 amide bonds. The van der Waals surface area contributed by atoms with E-state index in [2.05, 4.69) is 33.2 Å². The van der Waals surface area contributed by atoms with Crippen LogP contribution in [0.3, 0.4) is 0 Å². The first-order chi connectivity index (χ1) is 8.16. The number of pyridine rings is 1. The summed E-state index contributed by atoms with van der Waals surface area (Å²) in [5.41, 5.74) is 8.78. The van der Waals surface area contributed by atoms with Gasteiger partial charge >= 0.3 is 0 Å². The molecule has 4 heteroatoms. The van der Waals surface area contributed by atoms with Crippen molar-refractivity contribution in [1.82, 2.24) is 4.98 Å². The highest BCUT2D eigenvalue weighted by atomic mass is 79.9. The van der Waals surface area contributed by atoms with Crippen LogP contribution >= 0.6 is 15.9 Å². The van der Waals surface area contributed by atoms with E-state index in [-0.39, 0.29) is 6.04 Å². The van der Waals surface area contributed by atoms with Gasteiger partial charge in [0.05, 0.1) is 11.4 Å². The summed E-state index contributed by atoms with van der Waals surface area (Å²) in [6.45, 7) is 2.09. The SMILES string of the molecule is CC(Nc1cc(Br)ccc1N)c1ccncc1. The summed E-state index contributed by atoms with van der Waals surface area (Å²) < 4.78 is 1.01. The smallest absolute Gasteiger partial charge is 0.0589 e. The molecule has 1 aromatic carbocycles. The molecule has 1 aromatic heterocycles. The number of hydrogen-bond acceptors (Lipinski definition) is 3. The van der Waals surface area contributed by atoms with Crippen LogP contribution in [0.5, 0.6) is 0 Å². The Morgan fingerprint density at radius 2 is 1.94 bits per heavy atom. The van der Waals surface area contributed by atoms with Gasteiger partial charge in [0, 0.05) is 22.9 Å². The average Bonchev–Trinajstić information content (AvgIpc) is 2.35. The number of nitrogens with two attached hydrogens (primary N) is 1. The maximum atomic E-state index is 5.92. The average molecular weight is 292 g/mol. The lowest BCUT2D eigenvalue weighted by Crippen LogP contribution is -2.08. The number of nitrogens with one attached hydrogen (secondary N) is 1. The van der Waals surface area contributed by atoms with Gasteiger partial charge in [0.25, 0.3) is 0 Å². The van der Waals surface area contributed by atoms with Crippen LogP contribution < -0.4 is 11.1 Å². The third-order valence-electron chi connectivity index (χ3n) is 2.59. The number of halogens is 1. The Hall–Kier alpha value is -1.55. The summed E-state index contributed by atoms with van der Waals surface area (Å²) in [4.78, 5) is 4.01. The summed E-state index contributed by atoms with van der Waals surface area (Å²) in [5.74, 6) is 0. The molecule has 0 aliphatic carbocycles. The molecular formula is C13H14BrN3. The molecule has 0 saturated heterocycles. The minimum absolute atomic E-state index is 0.189. The Balaban J connectivity index is 2.18. The largest absolute Gasteiger partial charge is 0.397 e. The molecule has 17 heavy (non-hydrogen) atoms. The van der Waals surface area contributed by atoms with E-state index >= 15 is 0 Å². The van der Waals surface area contributed by atoms with Crippen LogP contribution in [0.15, 0.2) is 47.2 Å². The Morgan fingerprint density at radius 3 is 2.65 bits per heavy atom. The summed E-state index contributed by atoms with van der Waals surface area (Å²) >= 11 is 3.44. The number of hydrogen-bond donors (Lipinski definition) is 2. The van der Waals surface area contributed by atoms with Crippen molar-refractivity contribution >= 4 is 27.3 Å². The Kier molecular flexibility index (Phi) is 3.64. The maximum Gasteiger partial charge on any atom is 0.0589 e. The number of nitrogens with zero attached hydrogens (tertiary/aromatic N) is 1. The molecular weight excluding hydrogens is 278 g/mol. The fraction of sp³-hybridized carbons (Fsp3) is 0.154. The van der Waals surface area contributed by atoms with Crippen molar-refractivity contribution in [3.63, 3.8) is 0 Å². The van der Waals surface area contributed by atoms with Gasteiger partial charge in [-0.2, -0.15) is 0 Å². The van der Waals surface area contributed by atoms with Crippen molar-refractivity contribution in [2.45, 2.75) is 13.0 Å². The molecule has 1 atom stereocenters. The molecule has 3 N–H and O–H groups in total. The first-order valence-corrected chi connectivity index (χ1v) is 6.17. The second-order valence-electron chi connectivity index (χ2n) is 3.88. The van der Waals surface area contributed by atoms with Crippen molar-refractivity contribution < 1.29 is 0 Å². The Morgan fingerprint density at radius 1 is 1.24 bits per heavy atom. The van der Waals surface area contributed by atoms with Gasteiger partial charge in [0.1, 0.15) is 0 Å². The number of benzene rings is 1. The Bertz CT molecular complexity index is 499. The second-order valence-corrected chi connectivity index (χ2v) is 4.79.